The number of morpholine rings is 1. The van der Waals surface area contributed by atoms with E-state index in [1.54, 1.807) is 6.92 Å². The van der Waals surface area contributed by atoms with Gasteiger partial charge in [0.2, 0.25) is 5.91 Å². The van der Waals surface area contributed by atoms with Crippen LogP contribution in [0.1, 0.15) is 20.8 Å². The smallest absolute Gasteiger partial charge is 0.334 e. The highest BCUT2D eigenvalue weighted by Crippen LogP contribution is 2.09. The van der Waals surface area contributed by atoms with Crippen LogP contribution in [-0.2, 0) is 14.3 Å². The van der Waals surface area contributed by atoms with E-state index in [-0.39, 0.29) is 24.5 Å². The summed E-state index contributed by atoms with van der Waals surface area (Å²) in [5, 5.41) is 11.7. The Labute approximate surface area is 101 Å². The van der Waals surface area contributed by atoms with Crippen LogP contribution < -0.4 is 5.32 Å². The fourth-order valence-electron chi connectivity index (χ4n) is 1.74. The van der Waals surface area contributed by atoms with Crippen LogP contribution in [0.2, 0.25) is 0 Å². The van der Waals surface area contributed by atoms with Gasteiger partial charge in [-0.2, -0.15) is 0 Å². The monoisotopic (exact) mass is 244 g/mol. The largest absolute Gasteiger partial charge is 0.479 e. The van der Waals surface area contributed by atoms with Crippen molar-refractivity contribution in [3.8, 4) is 0 Å². The average Bonchev–Trinajstić information content (AvgIpc) is 2.27. The van der Waals surface area contributed by atoms with E-state index in [0.29, 0.717) is 13.2 Å². The summed E-state index contributed by atoms with van der Waals surface area (Å²) >= 11 is 0. The highest BCUT2D eigenvalue weighted by molar-refractivity contribution is 5.81. The normalized spacial score (nSPS) is 23.4. The molecular weight excluding hydrogens is 224 g/mol. The fraction of sp³-hybridized carbons (Fsp3) is 0.818. The molecule has 0 bridgehead atoms. The second kappa shape index (κ2) is 5.97. The van der Waals surface area contributed by atoms with Crippen LogP contribution in [0.25, 0.3) is 0 Å². The summed E-state index contributed by atoms with van der Waals surface area (Å²) < 4.78 is 5.11. The van der Waals surface area contributed by atoms with Gasteiger partial charge in [0, 0.05) is 19.1 Å². The Balaban J connectivity index is 2.54. The molecule has 1 amide bonds. The predicted molar refractivity (Wildman–Crippen MR) is 61.7 cm³/mol. The van der Waals surface area contributed by atoms with E-state index < -0.39 is 12.1 Å². The maximum Gasteiger partial charge on any atom is 0.334 e. The molecule has 0 aromatic rings. The summed E-state index contributed by atoms with van der Waals surface area (Å²) in [6.07, 6.45) is -0.835. The van der Waals surface area contributed by atoms with E-state index in [4.69, 9.17) is 9.84 Å². The molecule has 0 aromatic carbocycles. The molecule has 0 saturated carbocycles. The van der Waals surface area contributed by atoms with Crippen molar-refractivity contribution < 1.29 is 19.4 Å². The van der Waals surface area contributed by atoms with Crippen molar-refractivity contribution >= 4 is 11.9 Å². The third kappa shape index (κ3) is 3.98. The van der Waals surface area contributed by atoms with Gasteiger partial charge < -0.3 is 15.2 Å². The summed E-state index contributed by atoms with van der Waals surface area (Å²) in [6.45, 7) is 6.74. The quantitative estimate of drug-likeness (QED) is 0.709. The van der Waals surface area contributed by atoms with Crippen LogP contribution in [0.5, 0.6) is 0 Å². The molecule has 6 heteroatoms. The third-order valence-electron chi connectivity index (χ3n) is 2.73. The van der Waals surface area contributed by atoms with Gasteiger partial charge in [-0.1, -0.05) is 0 Å². The zero-order valence-corrected chi connectivity index (χ0v) is 10.5. The number of nitrogens with zero attached hydrogens (tertiary/aromatic N) is 1. The number of carbonyl (C=O) groups is 2. The van der Waals surface area contributed by atoms with E-state index in [1.165, 1.54) is 0 Å². The Bertz CT molecular complexity index is 293. The number of carbonyl (C=O) groups excluding carboxylic acids is 1. The van der Waals surface area contributed by atoms with Gasteiger partial charge in [0.25, 0.3) is 0 Å². The Morgan fingerprint density at radius 3 is 2.59 bits per heavy atom. The maximum absolute atomic E-state index is 11.8. The molecule has 0 aromatic heterocycles. The first-order valence-electron chi connectivity index (χ1n) is 5.80. The van der Waals surface area contributed by atoms with E-state index >= 15 is 0 Å². The van der Waals surface area contributed by atoms with Crippen LogP contribution >= 0.6 is 0 Å². The molecular formula is C11H20N2O4. The van der Waals surface area contributed by atoms with Crippen LogP contribution in [-0.4, -0.2) is 59.8 Å². The minimum atomic E-state index is -0.980. The van der Waals surface area contributed by atoms with E-state index in [9.17, 15) is 9.59 Å². The molecule has 1 heterocycles. The number of nitrogens with one attached hydrogen (secondary N) is 1. The number of carboxylic acids is 1. The SMILES string of the molecule is CC(C)NC(=O)C(C)N1CCOC(C(=O)O)C1. The molecule has 17 heavy (non-hydrogen) atoms. The standard InChI is InChI=1S/C11H20N2O4/c1-7(2)12-10(14)8(3)13-4-5-17-9(6-13)11(15)16/h7-9H,4-6H2,1-3H3,(H,12,14)(H,15,16). The van der Waals surface area contributed by atoms with Gasteiger partial charge >= 0.3 is 5.97 Å². The van der Waals surface area contributed by atoms with Gasteiger partial charge in [0.05, 0.1) is 12.6 Å². The van der Waals surface area contributed by atoms with Crippen molar-refractivity contribution in [2.75, 3.05) is 19.7 Å². The summed E-state index contributed by atoms with van der Waals surface area (Å²) in [7, 11) is 0. The Hall–Kier alpha value is -1.14. The molecule has 0 aliphatic carbocycles. The van der Waals surface area contributed by atoms with E-state index in [1.807, 2.05) is 18.7 Å². The lowest BCUT2D eigenvalue weighted by molar-refractivity contribution is -0.158. The summed E-state index contributed by atoms with van der Waals surface area (Å²) in [6, 6.07) is -0.246. The molecule has 1 aliphatic heterocycles. The fourth-order valence-corrected chi connectivity index (χ4v) is 1.74. The lowest BCUT2D eigenvalue weighted by Gasteiger charge is -2.34. The van der Waals surface area contributed by atoms with Crippen LogP contribution in [0.4, 0.5) is 0 Å². The van der Waals surface area contributed by atoms with Gasteiger partial charge in [-0.05, 0) is 20.8 Å². The van der Waals surface area contributed by atoms with Crippen molar-refractivity contribution in [1.29, 1.82) is 0 Å². The second-order valence-corrected chi connectivity index (χ2v) is 4.53. The minimum absolute atomic E-state index is 0.0777. The molecule has 2 atom stereocenters. The van der Waals surface area contributed by atoms with Crippen LogP contribution in [0.15, 0.2) is 0 Å². The highest BCUT2D eigenvalue weighted by atomic mass is 16.5. The Morgan fingerprint density at radius 1 is 1.41 bits per heavy atom. The lowest BCUT2D eigenvalue weighted by Crippen LogP contribution is -2.54. The minimum Gasteiger partial charge on any atom is -0.479 e. The zero-order chi connectivity index (χ0) is 13.0. The molecule has 0 radical (unpaired) electrons. The topological polar surface area (TPSA) is 78.9 Å². The number of amides is 1. The lowest BCUT2D eigenvalue weighted by atomic mass is 10.2. The first-order chi connectivity index (χ1) is 7.91. The predicted octanol–water partition coefficient (Wildman–Crippen LogP) is -0.315. The molecule has 98 valence electrons. The molecule has 1 saturated heterocycles. The van der Waals surface area contributed by atoms with Crippen molar-refractivity contribution in [3.05, 3.63) is 0 Å². The zero-order valence-electron chi connectivity index (χ0n) is 10.5. The number of carboxylic acid groups (broad SMARTS) is 1. The van der Waals surface area contributed by atoms with E-state index in [0.717, 1.165) is 0 Å². The third-order valence-corrected chi connectivity index (χ3v) is 2.73. The summed E-state index contributed by atoms with van der Waals surface area (Å²) in [5.41, 5.74) is 0. The second-order valence-electron chi connectivity index (χ2n) is 4.53. The number of hydrogen-bond acceptors (Lipinski definition) is 4. The summed E-state index contributed by atoms with van der Waals surface area (Å²) in [4.78, 5) is 24.4. The van der Waals surface area contributed by atoms with Crippen molar-refractivity contribution in [3.63, 3.8) is 0 Å². The van der Waals surface area contributed by atoms with Crippen molar-refractivity contribution in [1.82, 2.24) is 10.2 Å². The maximum atomic E-state index is 11.8. The molecule has 1 aliphatic rings. The molecule has 6 nitrogen and oxygen atoms in total. The van der Waals surface area contributed by atoms with Gasteiger partial charge in [0.15, 0.2) is 6.10 Å². The van der Waals surface area contributed by atoms with Crippen LogP contribution in [0.3, 0.4) is 0 Å². The van der Waals surface area contributed by atoms with E-state index in [2.05, 4.69) is 5.32 Å². The average molecular weight is 244 g/mol. The first kappa shape index (κ1) is 13.9. The van der Waals surface area contributed by atoms with Crippen molar-refractivity contribution in [2.45, 2.75) is 39.0 Å². The molecule has 2 unspecified atom stereocenters. The van der Waals surface area contributed by atoms with Crippen molar-refractivity contribution in [2.24, 2.45) is 0 Å². The highest BCUT2D eigenvalue weighted by Gasteiger charge is 2.31. The Kier molecular flexibility index (Phi) is 4.89. The first-order valence-corrected chi connectivity index (χ1v) is 5.80. The Morgan fingerprint density at radius 2 is 2.06 bits per heavy atom. The van der Waals surface area contributed by atoms with Crippen LogP contribution in [0, 0.1) is 0 Å². The molecule has 1 fully saturated rings. The number of ether oxygens (including phenoxy) is 1. The number of hydrogen-bond donors (Lipinski definition) is 2. The summed E-state index contributed by atoms with van der Waals surface area (Å²) in [5.74, 6) is -1.06. The molecule has 1 rings (SSSR count). The molecule has 2 N–H and O–H groups in total. The van der Waals surface area contributed by atoms with Gasteiger partial charge in [0.1, 0.15) is 0 Å². The van der Waals surface area contributed by atoms with Gasteiger partial charge in [-0.15, -0.1) is 0 Å². The number of rotatable bonds is 4. The van der Waals surface area contributed by atoms with Gasteiger partial charge in [-0.3, -0.25) is 9.69 Å². The molecule has 0 spiro atoms. The number of aliphatic carboxylic acids is 1. The van der Waals surface area contributed by atoms with Gasteiger partial charge in [-0.25, -0.2) is 4.79 Å².